The van der Waals surface area contributed by atoms with Crippen molar-refractivity contribution in [3.8, 4) is 0 Å². The maximum absolute atomic E-state index is 11.8. The van der Waals surface area contributed by atoms with Crippen molar-refractivity contribution < 1.29 is 9.59 Å². The minimum absolute atomic E-state index is 0.104. The van der Waals surface area contributed by atoms with Crippen LogP contribution in [0.2, 0.25) is 10.0 Å². The van der Waals surface area contributed by atoms with Gasteiger partial charge in [-0.15, -0.1) is 0 Å². The number of nitrogens with one attached hydrogen (secondary N) is 2. The van der Waals surface area contributed by atoms with E-state index in [1.165, 1.54) is 0 Å². The number of benzene rings is 1. The smallest absolute Gasteiger partial charge is 0.247 e. The van der Waals surface area contributed by atoms with Crippen molar-refractivity contribution in [1.82, 2.24) is 5.32 Å². The Morgan fingerprint density at radius 2 is 2.18 bits per heavy atom. The van der Waals surface area contributed by atoms with E-state index < -0.39 is 6.04 Å². The first-order valence-electron chi connectivity index (χ1n) is 5.11. The summed E-state index contributed by atoms with van der Waals surface area (Å²) in [5.41, 5.74) is 0.488. The summed E-state index contributed by atoms with van der Waals surface area (Å²) in [7, 11) is 0. The van der Waals surface area contributed by atoms with Gasteiger partial charge in [-0.3, -0.25) is 9.59 Å². The predicted octanol–water partition coefficient (Wildman–Crippen LogP) is 2.21. The van der Waals surface area contributed by atoms with E-state index in [1.807, 2.05) is 0 Å². The SMILES string of the molecule is O=C1CC[C@@H](C(=O)Nc2ccc(Cl)cc2Cl)N1. The largest absolute Gasteiger partial charge is 0.344 e. The lowest BCUT2D eigenvalue weighted by Gasteiger charge is -2.12. The molecule has 1 fully saturated rings. The van der Waals surface area contributed by atoms with Gasteiger partial charge in [0.05, 0.1) is 10.7 Å². The number of halogens is 2. The molecule has 0 aromatic heterocycles. The maximum atomic E-state index is 11.8. The fourth-order valence-corrected chi connectivity index (χ4v) is 2.08. The molecule has 0 saturated carbocycles. The predicted molar refractivity (Wildman–Crippen MR) is 66.3 cm³/mol. The van der Waals surface area contributed by atoms with Crippen LogP contribution >= 0.6 is 23.2 Å². The van der Waals surface area contributed by atoms with Crippen molar-refractivity contribution in [3.63, 3.8) is 0 Å². The molecule has 2 amide bonds. The van der Waals surface area contributed by atoms with Gasteiger partial charge in [-0.2, -0.15) is 0 Å². The molecule has 0 spiro atoms. The van der Waals surface area contributed by atoms with E-state index in [1.54, 1.807) is 18.2 Å². The molecule has 2 N–H and O–H groups in total. The third kappa shape index (κ3) is 2.90. The monoisotopic (exact) mass is 272 g/mol. The highest BCUT2D eigenvalue weighted by Crippen LogP contribution is 2.25. The van der Waals surface area contributed by atoms with Crippen molar-refractivity contribution in [3.05, 3.63) is 28.2 Å². The van der Waals surface area contributed by atoms with Gasteiger partial charge >= 0.3 is 0 Å². The van der Waals surface area contributed by atoms with Gasteiger partial charge in [0.25, 0.3) is 0 Å². The quantitative estimate of drug-likeness (QED) is 0.867. The molecule has 2 rings (SSSR count). The van der Waals surface area contributed by atoms with E-state index >= 15 is 0 Å². The van der Waals surface area contributed by atoms with Crippen LogP contribution in [0.5, 0.6) is 0 Å². The molecule has 0 bridgehead atoms. The number of carbonyl (C=O) groups excluding carboxylic acids is 2. The maximum Gasteiger partial charge on any atom is 0.247 e. The molecule has 90 valence electrons. The number of rotatable bonds is 2. The second kappa shape index (κ2) is 4.94. The summed E-state index contributed by atoms with van der Waals surface area (Å²) in [5.74, 6) is -0.368. The summed E-state index contributed by atoms with van der Waals surface area (Å²) in [6.07, 6.45) is 0.891. The van der Waals surface area contributed by atoms with E-state index in [0.29, 0.717) is 28.6 Å². The Bertz CT molecular complexity index is 477. The highest BCUT2D eigenvalue weighted by atomic mass is 35.5. The first-order chi connectivity index (χ1) is 8.06. The first kappa shape index (κ1) is 12.2. The molecule has 4 nitrogen and oxygen atoms in total. The van der Waals surface area contributed by atoms with Crippen LogP contribution in [0.15, 0.2) is 18.2 Å². The summed E-state index contributed by atoms with van der Waals surface area (Å²) >= 11 is 11.7. The minimum Gasteiger partial charge on any atom is -0.344 e. The average molecular weight is 273 g/mol. The Balaban J connectivity index is 2.05. The van der Waals surface area contributed by atoms with Gasteiger partial charge in [-0.1, -0.05) is 23.2 Å². The van der Waals surface area contributed by atoms with Crippen LogP contribution in [-0.2, 0) is 9.59 Å². The highest BCUT2D eigenvalue weighted by molar-refractivity contribution is 6.36. The van der Waals surface area contributed by atoms with Crippen molar-refractivity contribution in [2.24, 2.45) is 0 Å². The minimum atomic E-state index is -0.478. The van der Waals surface area contributed by atoms with Crippen LogP contribution in [0.25, 0.3) is 0 Å². The zero-order valence-corrected chi connectivity index (χ0v) is 10.3. The Morgan fingerprint density at radius 3 is 2.76 bits per heavy atom. The fourth-order valence-electron chi connectivity index (χ4n) is 1.62. The molecule has 1 aliphatic rings. The lowest BCUT2D eigenvalue weighted by atomic mass is 10.2. The van der Waals surface area contributed by atoms with E-state index in [0.717, 1.165) is 0 Å². The van der Waals surface area contributed by atoms with Crippen LogP contribution in [-0.4, -0.2) is 17.9 Å². The zero-order valence-electron chi connectivity index (χ0n) is 8.80. The van der Waals surface area contributed by atoms with Crippen LogP contribution in [0.4, 0.5) is 5.69 Å². The number of carbonyl (C=O) groups is 2. The Morgan fingerprint density at radius 1 is 1.41 bits per heavy atom. The number of hydrogen-bond donors (Lipinski definition) is 2. The van der Waals surface area contributed by atoms with E-state index in [-0.39, 0.29) is 11.8 Å². The van der Waals surface area contributed by atoms with Crippen molar-refractivity contribution >= 4 is 40.7 Å². The molecule has 0 aliphatic carbocycles. The summed E-state index contributed by atoms with van der Waals surface area (Å²) in [4.78, 5) is 22.8. The summed E-state index contributed by atoms with van der Waals surface area (Å²) < 4.78 is 0. The third-order valence-corrected chi connectivity index (χ3v) is 3.05. The lowest BCUT2D eigenvalue weighted by Crippen LogP contribution is -2.37. The molecule has 0 radical (unpaired) electrons. The zero-order chi connectivity index (χ0) is 12.4. The molecule has 1 atom stereocenters. The van der Waals surface area contributed by atoms with Crippen molar-refractivity contribution in [1.29, 1.82) is 0 Å². The third-order valence-electron chi connectivity index (χ3n) is 2.50. The van der Waals surface area contributed by atoms with Gasteiger partial charge in [0.1, 0.15) is 6.04 Å². The fraction of sp³-hybridized carbons (Fsp3) is 0.273. The Labute approximate surface area is 108 Å². The van der Waals surface area contributed by atoms with Gasteiger partial charge in [-0.25, -0.2) is 0 Å². The highest BCUT2D eigenvalue weighted by Gasteiger charge is 2.27. The van der Waals surface area contributed by atoms with Crippen LogP contribution < -0.4 is 10.6 Å². The molecule has 1 saturated heterocycles. The first-order valence-corrected chi connectivity index (χ1v) is 5.87. The molecule has 1 aromatic rings. The van der Waals surface area contributed by atoms with Crippen molar-refractivity contribution in [2.45, 2.75) is 18.9 Å². The Hall–Kier alpha value is -1.26. The molecule has 0 unspecified atom stereocenters. The molecule has 17 heavy (non-hydrogen) atoms. The second-order valence-electron chi connectivity index (χ2n) is 3.77. The van der Waals surface area contributed by atoms with Crippen LogP contribution in [0.1, 0.15) is 12.8 Å². The van der Waals surface area contributed by atoms with E-state index in [9.17, 15) is 9.59 Å². The standard InChI is InChI=1S/C11H10Cl2N2O2/c12-6-1-2-8(7(13)5-6)15-11(17)9-3-4-10(16)14-9/h1-2,5,9H,3-4H2,(H,14,16)(H,15,17)/t9-/m0/s1. The number of hydrogen-bond acceptors (Lipinski definition) is 2. The summed E-state index contributed by atoms with van der Waals surface area (Å²) in [5, 5.41) is 6.11. The molecular weight excluding hydrogens is 263 g/mol. The van der Waals surface area contributed by atoms with Crippen molar-refractivity contribution in [2.75, 3.05) is 5.32 Å². The van der Waals surface area contributed by atoms with Crippen LogP contribution in [0, 0.1) is 0 Å². The van der Waals surface area contributed by atoms with E-state index in [4.69, 9.17) is 23.2 Å². The van der Waals surface area contributed by atoms with Gasteiger partial charge < -0.3 is 10.6 Å². The van der Waals surface area contributed by atoms with Gasteiger partial charge in [-0.05, 0) is 24.6 Å². The molecule has 1 aromatic carbocycles. The van der Waals surface area contributed by atoms with Crippen LogP contribution in [0.3, 0.4) is 0 Å². The van der Waals surface area contributed by atoms with E-state index in [2.05, 4.69) is 10.6 Å². The molecular formula is C11H10Cl2N2O2. The van der Waals surface area contributed by atoms with Gasteiger partial charge in [0, 0.05) is 11.4 Å². The summed E-state index contributed by atoms with van der Waals surface area (Å²) in [6, 6.07) is 4.33. The van der Waals surface area contributed by atoms with Gasteiger partial charge in [0.15, 0.2) is 0 Å². The number of amides is 2. The molecule has 6 heteroatoms. The molecule has 1 heterocycles. The Kier molecular flexibility index (Phi) is 3.54. The van der Waals surface area contributed by atoms with Gasteiger partial charge in [0.2, 0.25) is 11.8 Å². The number of anilines is 1. The summed E-state index contributed by atoms with van der Waals surface area (Å²) in [6.45, 7) is 0. The average Bonchev–Trinajstić information content (AvgIpc) is 2.69. The topological polar surface area (TPSA) is 58.2 Å². The molecule has 1 aliphatic heterocycles. The normalized spacial score (nSPS) is 18.9. The second-order valence-corrected chi connectivity index (χ2v) is 4.62. The lowest BCUT2D eigenvalue weighted by molar-refractivity contribution is -0.122.